The molecule has 4 nitrogen and oxygen atoms in total. The van der Waals surface area contributed by atoms with E-state index < -0.39 is 0 Å². The number of nitrogens with zero attached hydrogens (tertiary/aromatic N) is 1. The van der Waals surface area contributed by atoms with Crippen LogP contribution in [0.3, 0.4) is 0 Å². The number of ether oxygens (including phenoxy) is 1. The lowest BCUT2D eigenvalue weighted by Crippen LogP contribution is -2.40. The van der Waals surface area contributed by atoms with Crippen LogP contribution in [0.1, 0.15) is 23.5 Å². The van der Waals surface area contributed by atoms with Crippen LogP contribution >= 0.6 is 0 Å². The van der Waals surface area contributed by atoms with Crippen LogP contribution in [0, 0.1) is 0 Å². The Morgan fingerprint density at radius 3 is 2.32 bits per heavy atom. The number of hydrogen-bond acceptors (Lipinski definition) is 2. The van der Waals surface area contributed by atoms with Crippen molar-refractivity contribution in [2.24, 2.45) is 4.99 Å². The first-order valence-electron chi connectivity index (χ1n) is 8.85. The Bertz CT molecular complexity index is 614. The van der Waals surface area contributed by atoms with Gasteiger partial charge in [-0.05, 0) is 24.0 Å². The van der Waals surface area contributed by atoms with E-state index in [9.17, 15) is 0 Å². The minimum atomic E-state index is 0.390. The molecule has 0 radical (unpaired) electrons. The van der Waals surface area contributed by atoms with Gasteiger partial charge in [0.1, 0.15) is 0 Å². The van der Waals surface area contributed by atoms with E-state index >= 15 is 0 Å². The monoisotopic (exact) mass is 339 g/mol. The van der Waals surface area contributed by atoms with E-state index in [1.165, 1.54) is 11.1 Å². The van der Waals surface area contributed by atoms with Gasteiger partial charge in [-0.2, -0.15) is 0 Å². The van der Waals surface area contributed by atoms with Crippen LogP contribution < -0.4 is 10.6 Å². The van der Waals surface area contributed by atoms with Gasteiger partial charge in [-0.15, -0.1) is 0 Å². The van der Waals surface area contributed by atoms with Crippen molar-refractivity contribution in [3.05, 3.63) is 71.8 Å². The lowest BCUT2D eigenvalue weighted by atomic mass is 9.92. The second-order valence-electron chi connectivity index (χ2n) is 6.02. The fourth-order valence-electron chi connectivity index (χ4n) is 2.80. The molecule has 2 aromatic carbocycles. The maximum atomic E-state index is 5.08. The van der Waals surface area contributed by atoms with Crippen molar-refractivity contribution in [2.45, 2.75) is 18.8 Å². The van der Waals surface area contributed by atoms with Crippen molar-refractivity contribution < 1.29 is 4.74 Å². The van der Waals surface area contributed by atoms with Crippen molar-refractivity contribution in [1.29, 1.82) is 0 Å². The highest BCUT2D eigenvalue weighted by Crippen LogP contribution is 2.20. The predicted octanol–water partition coefficient (Wildman–Crippen LogP) is 3.21. The number of aliphatic imine (C=N–C) groups is 1. The first kappa shape index (κ1) is 19.0. The molecule has 2 rings (SSSR count). The molecular formula is C21H29N3O. The molecule has 0 spiro atoms. The van der Waals surface area contributed by atoms with Crippen molar-refractivity contribution >= 4 is 5.96 Å². The summed E-state index contributed by atoms with van der Waals surface area (Å²) in [5.74, 6) is 1.23. The van der Waals surface area contributed by atoms with Crippen LogP contribution in [0.25, 0.3) is 0 Å². The van der Waals surface area contributed by atoms with Gasteiger partial charge in [-0.25, -0.2) is 0 Å². The highest BCUT2D eigenvalue weighted by Gasteiger charge is 2.13. The Hall–Kier alpha value is -2.33. The number of methoxy groups -OCH3 is 1. The molecule has 0 saturated carbocycles. The summed E-state index contributed by atoms with van der Waals surface area (Å²) >= 11 is 0. The molecule has 0 aromatic heterocycles. The van der Waals surface area contributed by atoms with Gasteiger partial charge < -0.3 is 15.4 Å². The number of guanidine groups is 1. The van der Waals surface area contributed by atoms with E-state index in [0.29, 0.717) is 5.92 Å². The van der Waals surface area contributed by atoms with Crippen molar-refractivity contribution in [1.82, 2.24) is 10.6 Å². The Kier molecular flexibility index (Phi) is 8.56. The van der Waals surface area contributed by atoms with Crippen molar-refractivity contribution in [3.8, 4) is 0 Å². The molecule has 0 bridgehead atoms. The molecule has 0 aliphatic heterocycles. The second-order valence-corrected chi connectivity index (χ2v) is 6.02. The molecule has 0 saturated heterocycles. The van der Waals surface area contributed by atoms with Gasteiger partial charge in [-0.1, -0.05) is 60.7 Å². The van der Waals surface area contributed by atoms with Crippen LogP contribution in [-0.2, 0) is 11.2 Å². The Labute approximate surface area is 151 Å². The summed E-state index contributed by atoms with van der Waals surface area (Å²) < 4.78 is 5.08. The molecule has 0 aliphatic carbocycles. The first-order chi connectivity index (χ1) is 12.3. The SMILES string of the molecule is CN=C(NCCCOC)NCC(Cc1ccccc1)c1ccccc1. The zero-order valence-electron chi connectivity index (χ0n) is 15.2. The van der Waals surface area contributed by atoms with Crippen LogP contribution in [0.5, 0.6) is 0 Å². The smallest absolute Gasteiger partial charge is 0.190 e. The maximum absolute atomic E-state index is 5.08. The Morgan fingerprint density at radius 2 is 1.68 bits per heavy atom. The molecular weight excluding hydrogens is 310 g/mol. The second kappa shape index (κ2) is 11.3. The van der Waals surface area contributed by atoms with Gasteiger partial charge in [-0.3, -0.25) is 4.99 Å². The zero-order valence-corrected chi connectivity index (χ0v) is 15.2. The lowest BCUT2D eigenvalue weighted by molar-refractivity contribution is 0.195. The molecule has 25 heavy (non-hydrogen) atoms. The largest absolute Gasteiger partial charge is 0.385 e. The molecule has 134 valence electrons. The third-order valence-corrected chi connectivity index (χ3v) is 4.15. The topological polar surface area (TPSA) is 45.7 Å². The van der Waals surface area contributed by atoms with Crippen molar-refractivity contribution in [2.75, 3.05) is 33.9 Å². The van der Waals surface area contributed by atoms with Gasteiger partial charge in [0.2, 0.25) is 0 Å². The fraction of sp³-hybridized carbons (Fsp3) is 0.381. The summed E-state index contributed by atoms with van der Waals surface area (Å²) in [5, 5.41) is 6.80. The van der Waals surface area contributed by atoms with E-state index in [0.717, 1.165) is 38.5 Å². The summed E-state index contributed by atoms with van der Waals surface area (Å²) in [7, 11) is 3.53. The molecule has 4 heteroatoms. The highest BCUT2D eigenvalue weighted by atomic mass is 16.5. The molecule has 2 N–H and O–H groups in total. The number of nitrogens with one attached hydrogen (secondary N) is 2. The minimum absolute atomic E-state index is 0.390. The predicted molar refractivity (Wildman–Crippen MR) is 105 cm³/mol. The molecule has 0 fully saturated rings. The number of rotatable bonds is 9. The Morgan fingerprint density at radius 1 is 1.00 bits per heavy atom. The van der Waals surface area contributed by atoms with E-state index in [4.69, 9.17) is 4.74 Å². The van der Waals surface area contributed by atoms with Gasteiger partial charge in [0, 0.05) is 39.8 Å². The van der Waals surface area contributed by atoms with E-state index in [-0.39, 0.29) is 0 Å². The number of benzene rings is 2. The van der Waals surface area contributed by atoms with E-state index in [1.54, 1.807) is 14.2 Å². The quantitative estimate of drug-likeness (QED) is 0.419. The van der Waals surface area contributed by atoms with Crippen molar-refractivity contribution in [3.63, 3.8) is 0 Å². The average molecular weight is 339 g/mol. The lowest BCUT2D eigenvalue weighted by Gasteiger charge is -2.20. The summed E-state index contributed by atoms with van der Waals surface area (Å²) in [6, 6.07) is 21.3. The number of hydrogen-bond donors (Lipinski definition) is 2. The van der Waals surface area contributed by atoms with Gasteiger partial charge in [0.25, 0.3) is 0 Å². The van der Waals surface area contributed by atoms with Gasteiger partial charge in [0.15, 0.2) is 5.96 Å². The minimum Gasteiger partial charge on any atom is -0.385 e. The molecule has 0 aliphatic rings. The van der Waals surface area contributed by atoms with Crippen LogP contribution in [0.2, 0.25) is 0 Å². The molecule has 0 heterocycles. The van der Waals surface area contributed by atoms with E-state index in [1.807, 2.05) is 0 Å². The van der Waals surface area contributed by atoms with Crippen LogP contribution in [0.15, 0.2) is 65.7 Å². The van der Waals surface area contributed by atoms with Crippen LogP contribution in [0.4, 0.5) is 0 Å². The average Bonchev–Trinajstić information content (AvgIpc) is 2.68. The molecule has 0 amide bonds. The summed E-state index contributed by atoms with van der Waals surface area (Å²) in [6.07, 6.45) is 1.96. The van der Waals surface area contributed by atoms with Gasteiger partial charge >= 0.3 is 0 Å². The third kappa shape index (κ3) is 6.98. The summed E-state index contributed by atoms with van der Waals surface area (Å²) in [4.78, 5) is 4.31. The van der Waals surface area contributed by atoms with Crippen LogP contribution in [-0.4, -0.2) is 39.8 Å². The normalized spacial score (nSPS) is 12.6. The zero-order chi connectivity index (χ0) is 17.7. The maximum Gasteiger partial charge on any atom is 0.190 e. The Balaban J connectivity index is 1.96. The summed E-state index contributed by atoms with van der Waals surface area (Å²) in [6.45, 7) is 2.44. The standard InChI is InChI=1S/C21H29N3O/c1-22-21(23-14-9-15-25-2)24-17-20(19-12-7-4-8-13-19)16-18-10-5-3-6-11-18/h3-8,10-13,20H,9,14-17H2,1-2H3,(H2,22,23,24). The summed E-state index contributed by atoms with van der Waals surface area (Å²) in [5.41, 5.74) is 2.69. The molecule has 1 atom stereocenters. The third-order valence-electron chi connectivity index (χ3n) is 4.15. The first-order valence-corrected chi connectivity index (χ1v) is 8.85. The highest BCUT2D eigenvalue weighted by molar-refractivity contribution is 5.79. The van der Waals surface area contributed by atoms with E-state index in [2.05, 4.69) is 76.3 Å². The molecule has 2 aromatic rings. The molecule has 1 unspecified atom stereocenters. The van der Waals surface area contributed by atoms with Gasteiger partial charge in [0.05, 0.1) is 0 Å². The fourth-order valence-corrected chi connectivity index (χ4v) is 2.80.